The van der Waals surface area contributed by atoms with E-state index in [2.05, 4.69) is 15.9 Å². The van der Waals surface area contributed by atoms with Crippen LogP contribution in [-0.2, 0) is 0 Å². The molecule has 0 amide bonds. The lowest BCUT2D eigenvalue weighted by Crippen LogP contribution is -2.10. The Morgan fingerprint density at radius 2 is 1.90 bits per heavy atom. The molecular weight excluding hydrogens is 339 g/mol. The van der Waals surface area contributed by atoms with Crippen molar-refractivity contribution in [3.8, 4) is 11.5 Å². The highest BCUT2D eigenvalue weighted by Gasteiger charge is 2.10. The molecule has 0 fully saturated rings. The summed E-state index contributed by atoms with van der Waals surface area (Å²) in [5.41, 5.74) is 0.428. The quantitative estimate of drug-likeness (QED) is 0.793. The average Bonchev–Trinajstić information content (AvgIpc) is 2.44. The molecule has 1 atom stereocenters. The summed E-state index contributed by atoms with van der Waals surface area (Å²) in [5.74, 6) is 0.802. The normalized spacial score (nSPS) is 12.0. The molecule has 112 valence electrons. The van der Waals surface area contributed by atoms with E-state index in [1.54, 1.807) is 6.92 Å². The summed E-state index contributed by atoms with van der Waals surface area (Å²) in [6.45, 7) is 2.23. The Morgan fingerprint density at radius 1 is 1.14 bits per heavy atom. The number of aliphatic hydroxyl groups excluding tert-OH is 1. The average molecular weight is 355 g/mol. The van der Waals surface area contributed by atoms with Gasteiger partial charge in [0.25, 0.3) is 0 Å². The minimum absolute atomic E-state index is 0.303. The highest BCUT2D eigenvalue weighted by Crippen LogP contribution is 2.26. The smallest absolute Gasteiger partial charge is 0.125 e. The molecule has 21 heavy (non-hydrogen) atoms. The van der Waals surface area contributed by atoms with Crippen LogP contribution in [0.3, 0.4) is 0 Å². The van der Waals surface area contributed by atoms with Gasteiger partial charge in [0.2, 0.25) is 0 Å². The zero-order chi connectivity index (χ0) is 15.2. The van der Waals surface area contributed by atoms with Crippen molar-refractivity contribution in [1.29, 1.82) is 0 Å². The highest BCUT2D eigenvalue weighted by atomic mass is 79.9. The summed E-state index contributed by atoms with van der Waals surface area (Å²) in [6.07, 6.45) is -0.790. The molecule has 0 heterocycles. The largest absolute Gasteiger partial charge is 0.490 e. The minimum Gasteiger partial charge on any atom is -0.490 e. The van der Waals surface area contributed by atoms with Crippen LogP contribution in [0.4, 0.5) is 4.39 Å². The molecule has 1 N–H and O–H groups in total. The molecule has 2 aromatic carbocycles. The molecular formula is C16H16BrFO3. The third-order valence-electron chi connectivity index (χ3n) is 2.83. The van der Waals surface area contributed by atoms with Crippen LogP contribution in [0, 0.1) is 5.82 Å². The maximum Gasteiger partial charge on any atom is 0.125 e. The van der Waals surface area contributed by atoms with Crippen molar-refractivity contribution in [3.63, 3.8) is 0 Å². The van der Waals surface area contributed by atoms with Gasteiger partial charge in [0.1, 0.15) is 30.5 Å². The lowest BCUT2D eigenvalue weighted by atomic mass is 10.1. The van der Waals surface area contributed by atoms with Crippen molar-refractivity contribution in [2.24, 2.45) is 0 Å². The van der Waals surface area contributed by atoms with Crippen LogP contribution in [0.5, 0.6) is 11.5 Å². The molecule has 5 heteroatoms. The summed E-state index contributed by atoms with van der Waals surface area (Å²) in [6, 6.07) is 11.6. The van der Waals surface area contributed by atoms with Gasteiger partial charge >= 0.3 is 0 Å². The number of halogens is 2. The standard InChI is InChI=1S/C16H16BrFO3/c1-11(19)15-10-13(18)5-6-16(15)21-8-7-20-14-4-2-3-12(17)9-14/h2-6,9-11,19H,7-8H2,1H3. The lowest BCUT2D eigenvalue weighted by molar-refractivity contribution is 0.181. The van der Waals surface area contributed by atoms with Crippen LogP contribution in [-0.4, -0.2) is 18.3 Å². The van der Waals surface area contributed by atoms with Crippen LogP contribution in [0.2, 0.25) is 0 Å². The molecule has 0 spiro atoms. The summed E-state index contributed by atoms with van der Waals surface area (Å²) < 4.78 is 25.2. The first kappa shape index (κ1) is 15.8. The molecule has 0 saturated carbocycles. The zero-order valence-corrected chi connectivity index (χ0v) is 13.1. The molecule has 0 aromatic heterocycles. The molecule has 2 rings (SSSR count). The molecule has 1 unspecified atom stereocenters. The van der Waals surface area contributed by atoms with Crippen molar-refractivity contribution in [2.75, 3.05) is 13.2 Å². The minimum atomic E-state index is -0.790. The predicted molar refractivity (Wildman–Crippen MR) is 82.2 cm³/mol. The number of aliphatic hydroxyl groups is 1. The number of benzene rings is 2. The van der Waals surface area contributed by atoms with E-state index < -0.39 is 11.9 Å². The Hall–Kier alpha value is -1.59. The van der Waals surface area contributed by atoms with E-state index in [0.717, 1.165) is 10.2 Å². The third-order valence-corrected chi connectivity index (χ3v) is 3.32. The van der Waals surface area contributed by atoms with Gasteiger partial charge in [-0.15, -0.1) is 0 Å². The van der Waals surface area contributed by atoms with Gasteiger partial charge < -0.3 is 14.6 Å². The number of rotatable bonds is 6. The fraction of sp³-hybridized carbons (Fsp3) is 0.250. The van der Waals surface area contributed by atoms with E-state index in [1.165, 1.54) is 18.2 Å². The van der Waals surface area contributed by atoms with Crippen LogP contribution < -0.4 is 9.47 Å². The predicted octanol–water partition coefficient (Wildman–Crippen LogP) is 4.10. The van der Waals surface area contributed by atoms with Gasteiger partial charge in [-0.25, -0.2) is 4.39 Å². The van der Waals surface area contributed by atoms with Crippen LogP contribution in [0.25, 0.3) is 0 Å². The molecule has 0 bridgehead atoms. The molecule has 0 radical (unpaired) electrons. The maximum atomic E-state index is 13.2. The maximum absolute atomic E-state index is 13.2. The first-order valence-corrected chi connectivity index (χ1v) is 7.34. The molecule has 0 aliphatic carbocycles. The van der Waals surface area contributed by atoms with Gasteiger partial charge in [-0.1, -0.05) is 22.0 Å². The molecule has 2 aromatic rings. The van der Waals surface area contributed by atoms with Gasteiger partial charge in [0.05, 0.1) is 6.10 Å². The monoisotopic (exact) mass is 354 g/mol. The van der Waals surface area contributed by atoms with Gasteiger partial charge in [-0.05, 0) is 43.3 Å². The van der Waals surface area contributed by atoms with Gasteiger partial charge in [-0.3, -0.25) is 0 Å². The number of hydrogen-bond acceptors (Lipinski definition) is 3. The van der Waals surface area contributed by atoms with Gasteiger partial charge in [0.15, 0.2) is 0 Å². The van der Waals surface area contributed by atoms with E-state index in [0.29, 0.717) is 24.5 Å². The molecule has 0 aliphatic heterocycles. The van der Waals surface area contributed by atoms with E-state index >= 15 is 0 Å². The first-order valence-electron chi connectivity index (χ1n) is 6.55. The lowest BCUT2D eigenvalue weighted by Gasteiger charge is -2.14. The van der Waals surface area contributed by atoms with Crippen molar-refractivity contribution < 1.29 is 19.0 Å². The van der Waals surface area contributed by atoms with E-state index in [-0.39, 0.29) is 0 Å². The second kappa shape index (κ2) is 7.43. The fourth-order valence-corrected chi connectivity index (χ4v) is 2.22. The van der Waals surface area contributed by atoms with E-state index in [4.69, 9.17) is 9.47 Å². The third kappa shape index (κ3) is 4.72. The number of hydrogen-bond donors (Lipinski definition) is 1. The zero-order valence-electron chi connectivity index (χ0n) is 11.6. The Morgan fingerprint density at radius 3 is 2.62 bits per heavy atom. The molecule has 0 aliphatic rings. The topological polar surface area (TPSA) is 38.7 Å². The van der Waals surface area contributed by atoms with Crippen molar-refractivity contribution in [2.45, 2.75) is 13.0 Å². The van der Waals surface area contributed by atoms with E-state index in [9.17, 15) is 9.50 Å². The van der Waals surface area contributed by atoms with Crippen LogP contribution in [0.15, 0.2) is 46.9 Å². The summed E-state index contributed by atoms with van der Waals surface area (Å²) in [5, 5.41) is 9.61. The van der Waals surface area contributed by atoms with Crippen LogP contribution in [0.1, 0.15) is 18.6 Å². The fourth-order valence-electron chi connectivity index (χ4n) is 1.85. The SMILES string of the molecule is CC(O)c1cc(F)ccc1OCCOc1cccc(Br)c1. The second-order valence-corrected chi connectivity index (χ2v) is 5.43. The highest BCUT2D eigenvalue weighted by molar-refractivity contribution is 9.10. The molecule has 0 saturated heterocycles. The Balaban J connectivity index is 1.89. The summed E-state index contributed by atoms with van der Waals surface area (Å²) in [7, 11) is 0. The Labute approximate surface area is 131 Å². The Bertz CT molecular complexity index is 602. The second-order valence-electron chi connectivity index (χ2n) is 4.51. The van der Waals surface area contributed by atoms with Crippen molar-refractivity contribution in [1.82, 2.24) is 0 Å². The van der Waals surface area contributed by atoms with E-state index in [1.807, 2.05) is 24.3 Å². The van der Waals surface area contributed by atoms with Crippen molar-refractivity contribution in [3.05, 3.63) is 58.3 Å². The number of ether oxygens (including phenoxy) is 2. The van der Waals surface area contributed by atoms with Crippen LogP contribution >= 0.6 is 15.9 Å². The van der Waals surface area contributed by atoms with Crippen molar-refractivity contribution >= 4 is 15.9 Å². The Kier molecular flexibility index (Phi) is 5.59. The summed E-state index contributed by atoms with van der Waals surface area (Å²) >= 11 is 3.37. The van der Waals surface area contributed by atoms with Gasteiger partial charge in [0, 0.05) is 10.0 Å². The molecule has 3 nitrogen and oxygen atoms in total. The summed E-state index contributed by atoms with van der Waals surface area (Å²) in [4.78, 5) is 0. The van der Waals surface area contributed by atoms with Gasteiger partial charge in [-0.2, -0.15) is 0 Å². The first-order chi connectivity index (χ1) is 10.1.